The first-order valence-electron chi connectivity index (χ1n) is 1.77. The molecule has 0 radical (unpaired) electrons. The second-order valence-corrected chi connectivity index (χ2v) is 6.31. The summed E-state index contributed by atoms with van der Waals surface area (Å²) in [5.74, 6) is 0. The van der Waals surface area contributed by atoms with Crippen molar-refractivity contribution in [2.24, 2.45) is 0 Å². The van der Waals surface area contributed by atoms with Crippen molar-refractivity contribution in [3.8, 4) is 0 Å². The van der Waals surface area contributed by atoms with Crippen molar-refractivity contribution < 1.29 is 4.79 Å². The monoisotopic (exact) mass is 104 g/mol. The van der Waals surface area contributed by atoms with Crippen LogP contribution < -0.4 is 0 Å². The quantitative estimate of drug-likeness (QED) is 0.418. The summed E-state index contributed by atoms with van der Waals surface area (Å²) < 4.78 is 0. The fraction of sp³-hybridized carbons (Fsp3) is 0.750. The number of hydrogen-bond acceptors (Lipinski definition) is 1. The van der Waals surface area contributed by atoms with Crippen LogP contribution in [0.5, 0.6) is 0 Å². The Hall–Kier alpha value is 0.01000. The Morgan fingerprint density at radius 2 is 1.50 bits per heavy atom. The molecule has 0 N–H and O–H groups in total. The first-order chi connectivity index (χ1) is 2.56. The third kappa shape index (κ3) is 4.01. The predicted octanol–water partition coefficient (Wildman–Crippen LogP) is 0.961. The van der Waals surface area contributed by atoms with Crippen LogP contribution in [0.15, 0.2) is 0 Å². The van der Waals surface area contributed by atoms with E-state index < -0.39 is 6.89 Å². The van der Waals surface area contributed by atoms with Gasteiger partial charge in [-0.2, -0.15) is 0 Å². The molecule has 0 rings (SSSR count). The minimum absolute atomic E-state index is 1.20. The molecule has 0 aromatic rings. The van der Waals surface area contributed by atoms with E-state index in [1.165, 1.54) is 0 Å². The molecule has 0 fully saturated rings. The van der Waals surface area contributed by atoms with Gasteiger partial charge >= 0.3 is 0 Å². The van der Waals surface area contributed by atoms with Crippen LogP contribution in [-0.4, -0.2) is 25.7 Å². The average Bonchev–Trinajstić information content (AvgIpc) is 1.35. The Kier molecular flexibility index (Phi) is 1.64. The van der Waals surface area contributed by atoms with Gasteiger partial charge in [0.2, 0.25) is 0 Å². The Morgan fingerprint density at radius 1 is 1.33 bits per heavy atom. The smallest absolute Gasteiger partial charge is 0.113 e. The van der Waals surface area contributed by atoms with Gasteiger partial charge in [-0.1, -0.05) is 0 Å². The summed E-state index contributed by atoms with van der Waals surface area (Å²) in [4.78, 5) is 9.75. The summed E-state index contributed by atoms with van der Waals surface area (Å²) in [6.45, 7) is 4.59. The van der Waals surface area contributed by atoms with Crippen LogP contribution in [0.3, 0.4) is 0 Å². The summed E-state index contributed by atoms with van der Waals surface area (Å²) in [6.07, 6.45) is 0. The van der Waals surface area contributed by atoms with Gasteiger partial charge in [-0.3, -0.25) is 0 Å². The molecule has 0 unspecified atom stereocenters. The Bertz CT molecular complexity index is 96.5. The first kappa shape index (κ1) is 6.01. The van der Waals surface area contributed by atoms with E-state index in [9.17, 15) is 4.79 Å². The van der Waals surface area contributed by atoms with Crippen LogP contribution in [0.4, 0.5) is 0 Å². The molecule has 0 aliphatic heterocycles. The predicted molar refractivity (Wildman–Crippen MR) is 30.4 cm³/mol. The van der Waals surface area contributed by atoms with E-state index >= 15 is 0 Å². The van der Waals surface area contributed by atoms with Crippen LogP contribution in [0.25, 0.3) is 0 Å². The molecule has 0 aromatic heterocycles. The molecule has 1 nitrogen and oxygen atoms in total. The summed E-state index contributed by atoms with van der Waals surface area (Å²) in [5.41, 5.74) is 1.97. The number of hydrogen-bond donors (Lipinski definition) is 0. The van der Waals surface area contributed by atoms with Gasteiger partial charge in [0.05, 0.1) is 0 Å². The Labute approximate surface area is 38.3 Å². The van der Waals surface area contributed by atoms with Gasteiger partial charge in [0.25, 0.3) is 0 Å². The highest BCUT2D eigenvalue weighted by Crippen LogP contribution is 2.28. The SMILES string of the molecule is CP(C)(C)=C=O. The molecule has 0 saturated heterocycles. The summed E-state index contributed by atoms with van der Waals surface area (Å²) in [7, 11) is 0. The lowest BCUT2D eigenvalue weighted by atomic mass is 11.8. The average molecular weight is 104 g/mol. The number of rotatable bonds is 0. The molecule has 0 atom stereocenters. The zero-order chi connectivity index (χ0) is 5.21. The minimum Gasteiger partial charge on any atom is -0.234 e. The maximum atomic E-state index is 9.75. The summed E-state index contributed by atoms with van der Waals surface area (Å²) in [6, 6.07) is 0. The highest BCUT2D eigenvalue weighted by atomic mass is 31.2. The van der Waals surface area contributed by atoms with Crippen molar-refractivity contribution in [1.82, 2.24) is 0 Å². The molecule has 36 valence electrons. The molecule has 0 aliphatic carbocycles. The van der Waals surface area contributed by atoms with E-state index in [2.05, 4.69) is 0 Å². The van der Waals surface area contributed by atoms with E-state index in [0.29, 0.717) is 0 Å². The topological polar surface area (TPSA) is 17.1 Å². The number of carbonyl (C=O) groups excluding carboxylic acids is 1. The molecular formula is C4H9OP. The van der Waals surface area contributed by atoms with Gasteiger partial charge in [-0.05, 0) is 26.9 Å². The third-order valence-corrected chi connectivity index (χ3v) is 0.822. The second-order valence-electron chi connectivity index (χ2n) is 2.10. The largest absolute Gasteiger partial charge is 0.234 e. The summed E-state index contributed by atoms with van der Waals surface area (Å²) in [5, 5.41) is 0. The normalized spacial score (nSPS) is 10.5. The van der Waals surface area contributed by atoms with Crippen molar-refractivity contribution in [3.05, 3.63) is 0 Å². The van der Waals surface area contributed by atoms with Crippen molar-refractivity contribution in [1.29, 1.82) is 0 Å². The van der Waals surface area contributed by atoms with E-state index in [4.69, 9.17) is 0 Å². The lowest BCUT2D eigenvalue weighted by Gasteiger charge is -1.91. The molecule has 0 amide bonds. The molecule has 0 aromatic carbocycles. The summed E-state index contributed by atoms with van der Waals surface area (Å²) >= 11 is 0. The molecule has 0 aliphatic rings. The molecule has 0 spiro atoms. The second kappa shape index (κ2) is 1.64. The van der Waals surface area contributed by atoms with Gasteiger partial charge in [0, 0.05) is 0 Å². The van der Waals surface area contributed by atoms with Crippen molar-refractivity contribution in [2.75, 3.05) is 20.0 Å². The van der Waals surface area contributed by atoms with Crippen LogP contribution >= 0.6 is 6.89 Å². The van der Waals surface area contributed by atoms with Crippen molar-refractivity contribution in [3.63, 3.8) is 0 Å². The first-order valence-corrected chi connectivity index (χ1v) is 4.90. The lowest BCUT2D eigenvalue weighted by molar-refractivity contribution is 0.571. The Morgan fingerprint density at radius 3 is 1.50 bits per heavy atom. The zero-order valence-electron chi connectivity index (χ0n) is 4.36. The van der Waals surface area contributed by atoms with Gasteiger partial charge in [-0.15, -0.1) is 0 Å². The highest BCUT2D eigenvalue weighted by molar-refractivity contribution is 7.71. The maximum Gasteiger partial charge on any atom is 0.113 e. The fourth-order valence-electron chi connectivity index (χ4n) is 0. The molecular weight excluding hydrogens is 95.0 g/mol. The Balaban J connectivity index is 4.21. The third-order valence-electron chi connectivity index (χ3n) is 0.274. The van der Waals surface area contributed by atoms with Crippen LogP contribution in [0, 0.1) is 0 Å². The zero-order valence-corrected chi connectivity index (χ0v) is 5.25. The van der Waals surface area contributed by atoms with E-state index in [0.717, 1.165) is 0 Å². The van der Waals surface area contributed by atoms with Gasteiger partial charge in [0.15, 0.2) is 0 Å². The molecule has 0 heterocycles. The van der Waals surface area contributed by atoms with Crippen LogP contribution in [-0.2, 0) is 4.79 Å². The molecule has 6 heavy (non-hydrogen) atoms. The van der Waals surface area contributed by atoms with Crippen LogP contribution in [0.2, 0.25) is 0 Å². The molecule has 2 heteroatoms. The van der Waals surface area contributed by atoms with E-state index in [-0.39, 0.29) is 0 Å². The van der Waals surface area contributed by atoms with Crippen LogP contribution in [0.1, 0.15) is 0 Å². The highest BCUT2D eigenvalue weighted by Gasteiger charge is 1.87. The van der Waals surface area contributed by atoms with Crippen molar-refractivity contribution in [2.45, 2.75) is 0 Å². The fourth-order valence-corrected chi connectivity index (χ4v) is 0. The van der Waals surface area contributed by atoms with E-state index in [1.807, 2.05) is 25.7 Å². The maximum absolute atomic E-state index is 9.75. The van der Waals surface area contributed by atoms with Gasteiger partial charge < -0.3 is 0 Å². The lowest BCUT2D eigenvalue weighted by Crippen LogP contribution is -1.66. The molecule has 0 bridgehead atoms. The standard InChI is InChI=1S/C4H9OP/c1-6(2,3)4-5/h1-3H3. The van der Waals surface area contributed by atoms with Gasteiger partial charge in [0.1, 0.15) is 5.66 Å². The minimum atomic E-state index is -1.20. The van der Waals surface area contributed by atoms with Crippen molar-refractivity contribution >= 4 is 12.5 Å². The van der Waals surface area contributed by atoms with E-state index in [1.54, 1.807) is 0 Å². The molecule has 0 saturated carbocycles. The van der Waals surface area contributed by atoms with Gasteiger partial charge in [-0.25, -0.2) is 4.79 Å².